The Hall–Kier alpha value is 2.02. The van der Waals surface area contributed by atoms with Crippen molar-refractivity contribution in [1.29, 1.82) is 0 Å². The predicted molar refractivity (Wildman–Crippen MR) is 64.9 cm³/mol. The summed E-state index contributed by atoms with van der Waals surface area (Å²) in [7, 11) is -0.391. The summed E-state index contributed by atoms with van der Waals surface area (Å²) in [5.41, 5.74) is 0. The number of hydrogen-bond acceptors (Lipinski definition) is 0. The van der Waals surface area contributed by atoms with Gasteiger partial charge in [-0.1, -0.05) is 62.3 Å². The molecule has 0 atom stereocenters. The van der Waals surface area contributed by atoms with Gasteiger partial charge in [0.05, 0.1) is 0 Å². The van der Waals surface area contributed by atoms with Gasteiger partial charge < -0.3 is 0 Å². The summed E-state index contributed by atoms with van der Waals surface area (Å²) in [5, 5.41) is 1.46. The summed E-state index contributed by atoms with van der Waals surface area (Å²) in [6.07, 6.45) is 0. The first kappa shape index (κ1) is 18.4. The molecule has 0 nitrogen and oxygen atoms in total. The number of rotatable bonds is 0. The van der Waals surface area contributed by atoms with E-state index in [0.717, 1.165) is 0 Å². The second kappa shape index (κ2) is 5.57. The Morgan fingerprint density at radius 3 is 0.643 bits per heavy atom. The molecule has 0 aliphatic carbocycles. The summed E-state index contributed by atoms with van der Waals surface area (Å²) in [6.45, 7) is 21.6. The molecule has 0 aromatic heterocycles. The molecule has 0 fully saturated rings. The first-order valence-electron chi connectivity index (χ1n) is 5.25. The fourth-order valence-corrected chi connectivity index (χ4v) is 10.1. The zero-order chi connectivity index (χ0) is 11.1. The molecule has 80 valence electrons. The first-order valence-corrected chi connectivity index (χ1v) is 6.75. The number of hydrogen-bond donors (Lipinski definition) is 0. The second-order valence-electron chi connectivity index (χ2n) is 7.12. The zero-order valence-corrected chi connectivity index (χ0v) is 17.9. The topological polar surface area (TPSA) is 0 Å². The van der Waals surface area contributed by atoms with Crippen LogP contribution in [0.3, 0.4) is 0 Å². The minimum absolute atomic E-state index is 0. The summed E-state index contributed by atoms with van der Waals surface area (Å²) >= 11 is 0. The van der Waals surface area contributed by atoms with E-state index in [9.17, 15) is 0 Å². The van der Waals surface area contributed by atoms with Crippen LogP contribution in [-0.2, 0) is 0 Å². The van der Waals surface area contributed by atoms with Gasteiger partial charge in [-0.05, 0) is 0 Å². The monoisotopic (exact) mass is 284 g/mol. The van der Waals surface area contributed by atoms with Crippen LogP contribution in [0.1, 0.15) is 62.3 Å². The van der Waals surface area contributed by atoms with Gasteiger partial charge in [-0.25, -0.2) is 8.80 Å². The maximum absolute atomic E-state index is 2.40. The molecule has 0 saturated heterocycles. The molecule has 0 rings (SSSR count). The van der Waals surface area contributed by atoms with Gasteiger partial charge in [0.15, 0.2) is 0 Å². The molecule has 14 heavy (non-hydrogen) atoms. The van der Waals surface area contributed by atoms with Gasteiger partial charge in [-0.15, -0.1) is 0 Å². The van der Waals surface area contributed by atoms with Crippen LogP contribution >= 0.6 is 0 Å². The molecule has 0 amide bonds. The fraction of sp³-hybridized carbons (Fsp3) is 1.00. The Morgan fingerprint density at radius 2 is 0.643 bits per heavy atom. The molecule has 0 N–H and O–H groups in total. The van der Waals surface area contributed by atoms with E-state index in [1.54, 1.807) is 0 Å². The predicted octanol–water partition coefficient (Wildman–Crippen LogP) is 1.89. The van der Waals surface area contributed by atoms with Crippen molar-refractivity contribution in [1.82, 2.24) is 0 Å². The summed E-state index contributed by atoms with van der Waals surface area (Å²) in [6, 6.07) is 0. The van der Waals surface area contributed by atoms with Crippen LogP contribution in [0.25, 0.3) is 0 Å². The van der Waals surface area contributed by atoms with Crippen LogP contribution in [0.5, 0.6) is 0 Å². The minimum atomic E-state index is -0.391. The molecular formula is C12H27RbSi. The third kappa shape index (κ3) is 5.93. The molecule has 0 aliphatic rings. The molecular weight excluding hydrogens is 258 g/mol. The van der Waals surface area contributed by atoms with Crippen LogP contribution in [0.15, 0.2) is 0 Å². The van der Waals surface area contributed by atoms with Crippen molar-refractivity contribution in [2.75, 3.05) is 0 Å². The van der Waals surface area contributed by atoms with Crippen LogP contribution in [-0.4, -0.2) is 8.80 Å². The Labute approximate surface area is 142 Å². The molecule has 0 unspecified atom stereocenters. The van der Waals surface area contributed by atoms with Gasteiger partial charge in [0, 0.05) is 0 Å². The van der Waals surface area contributed by atoms with Crippen LogP contribution in [0, 0.1) is 0 Å². The van der Waals surface area contributed by atoms with Crippen molar-refractivity contribution in [3.63, 3.8) is 0 Å². The Balaban J connectivity index is 0. The van der Waals surface area contributed by atoms with Crippen molar-refractivity contribution in [2.24, 2.45) is 0 Å². The molecule has 0 bridgehead atoms. The molecule has 0 saturated carbocycles. The van der Waals surface area contributed by atoms with Gasteiger partial charge in [0.2, 0.25) is 0 Å². The van der Waals surface area contributed by atoms with Gasteiger partial charge in [-0.2, -0.15) is 15.1 Å². The molecule has 2 heteroatoms. The minimum Gasteiger partial charge on any atom is -0.239 e. The molecule has 0 aromatic carbocycles. The van der Waals surface area contributed by atoms with E-state index in [1.165, 1.54) is 0 Å². The third-order valence-electron chi connectivity index (χ3n) is 2.25. The fourth-order valence-electron chi connectivity index (χ4n) is 3.38. The van der Waals surface area contributed by atoms with Crippen molar-refractivity contribution < 1.29 is 58.2 Å². The normalized spacial score (nSPS) is 14.1. The molecule has 0 spiro atoms. The SMILES string of the molecule is CC(C)(C)[Si-](C(C)(C)C)C(C)(C)C.[Rb+]. The van der Waals surface area contributed by atoms with E-state index in [2.05, 4.69) is 62.3 Å². The maximum atomic E-state index is 2.40. The van der Waals surface area contributed by atoms with Crippen LogP contribution in [0.2, 0.25) is 15.1 Å². The second-order valence-corrected chi connectivity index (χ2v) is 12.4. The molecule has 0 aromatic rings. The first-order chi connectivity index (χ1) is 5.37. The van der Waals surface area contributed by atoms with Crippen molar-refractivity contribution >= 4 is 8.80 Å². The molecule has 0 radical (unpaired) electrons. The van der Waals surface area contributed by atoms with Crippen molar-refractivity contribution in [3.8, 4) is 0 Å². The molecule has 0 aliphatic heterocycles. The van der Waals surface area contributed by atoms with Crippen molar-refractivity contribution in [2.45, 2.75) is 77.4 Å². The third-order valence-corrected chi connectivity index (χ3v) is 6.75. The Morgan fingerprint density at radius 1 is 0.500 bits per heavy atom. The van der Waals surface area contributed by atoms with Crippen LogP contribution in [0.4, 0.5) is 0 Å². The van der Waals surface area contributed by atoms with E-state index < -0.39 is 8.80 Å². The average Bonchev–Trinajstić information content (AvgIpc) is 1.44. The largest absolute Gasteiger partial charge is 1.00 e. The maximum Gasteiger partial charge on any atom is 1.00 e. The van der Waals surface area contributed by atoms with Crippen LogP contribution < -0.4 is 58.2 Å². The van der Waals surface area contributed by atoms with Crippen molar-refractivity contribution in [3.05, 3.63) is 0 Å². The van der Waals surface area contributed by atoms with Gasteiger partial charge in [-0.3, -0.25) is 0 Å². The van der Waals surface area contributed by atoms with Gasteiger partial charge in [0.25, 0.3) is 0 Å². The van der Waals surface area contributed by atoms with E-state index in [4.69, 9.17) is 0 Å². The van der Waals surface area contributed by atoms with Gasteiger partial charge in [0.1, 0.15) is 0 Å². The van der Waals surface area contributed by atoms with E-state index in [1.807, 2.05) is 0 Å². The molecule has 0 heterocycles. The zero-order valence-electron chi connectivity index (χ0n) is 12.0. The quantitative estimate of drug-likeness (QED) is 0.596. The van der Waals surface area contributed by atoms with E-state index in [-0.39, 0.29) is 58.2 Å². The Bertz CT molecular complexity index is 133. The van der Waals surface area contributed by atoms with E-state index >= 15 is 0 Å². The van der Waals surface area contributed by atoms with Gasteiger partial charge >= 0.3 is 58.2 Å². The summed E-state index contributed by atoms with van der Waals surface area (Å²) in [4.78, 5) is 0. The summed E-state index contributed by atoms with van der Waals surface area (Å²) < 4.78 is 0. The standard InChI is InChI=1S/C12H27Si.Rb/c1-10(2,3)13(11(4,5)6)12(7,8)9;/h1-9H3;/q-1;+1. The average molecular weight is 285 g/mol. The summed E-state index contributed by atoms with van der Waals surface area (Å²) in [5.74, 6) is 0. The Kier molecular flexibility index (Phi) is 7.32. The van der Waals surface area contributed by atoms with E-state index in [0.29, 0.717) is 15.1 Å². The smallest absolute Gasteiger partial charge is 0.239 e.